The van der Waals surface area contributed by atoms with Crippen LogP contribution in [-0.2, 0) is 11.3 Å². The Hall–Kier alpha value is -1.30. The van der Waals surface area contributed by atoms with E-state index in [4.69, 9.17) is 4.74 Å². The Bertz CT molecular complexity index is 486. The summed E-state index contributed by atoms with van der Waals surface area (Å²) in [5, 5.41) is 6.50. The molecule has 5 heteroatoms. The molecule has 2 heterocycles. The van der Waals surface area contributed by atoms with E-state index in [0.29, 0.717) is 6.04 Å². The second-order valence-corrected chi connectivity index (χ2v) is 5.16. The molecule has 0 spiro atoms. The Morgan fingerprint density at radius 2 is 2.32 bits per heavy atom. The molecule has 0 saturated carbocycles. The fourth-order valence-electron chi connectivity index (χ4n) is 1.77. The van der Waals surface area contributed by atoms with Crippen LogP contribution in [0, 0.1) is 0 Å². The Labute approximate surface area is 117 Å². The number of nitrogens with one attached hydrogen (secondary N) is 1. The Balaban J connectivity index is 1.94. The van der Waals surface area contributed by atoms with E-state index in [1.165, 1.54) is 0 Å². The number of thiazole rings is 1. The maximum atomic E-state index is 5.17. The van der Waals surface area contributed by atoms with Crippen LogP contribution in [-0.4, -0.2) is 29.7 Å². The third-order valence-electron chi connectivity index (χ3n) is 2.87. The molecule has 0 aromatic carbocycles. The summed E-state index contributed by atoms with van der Waals surface area (Å²) in [6.07, 6.45) is 2.84. The summed E-state index contributed by atoms with van der Waals surface area (Å²) in [6, 6.07) is 6.25. The molecule has 2 aromatic heterocycles. The van der Waals surface area contributed by atoms with Gasteiger partial charge in [0, 0.05) is 31.3 Å². The van der Waals surface area contributed by atoms with Gasteiger partial charge in [0.2, 0.25) is 0 Å². The zero-order valence-corrected chi connectivity index (χ0v) is 12.1. The minimum absolute atomic E-state index is 0.380. The van der Waals surface area contributed by atoms with Gasteiger partial charge in [0.1, 0.15) is 5.01 Å². The molecule has 0 aliphatic rings. The van der Waals surface area contributed by atoms with Gasteiger partial charge in [-0.1, -0.05) is 13.0 Å². The molecule has 0 radical (unpaired) electrons. The largest absolute Gasteiger partial charge is 0.383 e. The average Bonchev–Trinajstić information content (AvgIpc) is 2.93. The summed E-state index contributed by atoms with van der Waals surface area (Å²) >= 11 is 1.63. The van der Waals surface area contributed by atoms with E-state index in [1.807, 2.05) is 18.2 Å². The molecule has 1 unspecified atom stereocenters. The monoisotopic (exact) mass is 277 g/mol. The van der Waals surface area contributed by atoms with Gasteiger partial charge in [0.05, 0.1) is 18.0 Å². The van der Waals surface area contributed by atoms with Crippen LogP contribution in [0.2, 0.25) is 0 Å². The third-order valence-corrected chi connectivity index (χ3v) is 3.78. The Morgan fingerprint density at radius 1 is 1.42 bits per heavy atom. The number of hydrogen-bond donors (Lipinski definition) is 1. The van der Waals surface area contributed by atoms with Crippen molar-refractivity contribution < 1.29 is 4.74 Å². The zero-order chi connectivity index (χ0) is 13.5. The maximum Gasteiger partial charge on any atom is 0.142 e. The second-order valence-electron chi connectivity index (χ2n) is 4.30. The number of methoxy groups -OCH3 is 1. The molecule has 0 bridgehead atoms. The highest BCUT2D eigenvalue weighted by molar-refractivity contribution is 7.13. The third kappa shape index (κ3) is 4.09. The molecule has 0 aliphatic carbocycles. The van der Waals surface area contributed by atoms with Gasteiger partial charge in [0.15, 0.2) is 0 Å². The van der Waals surface area contributed by atoms with Gasteiger partial charge < -0.3 is 10.1 Å². The Morgan fingerprint density at radius 3 is 3.00 bits per heavy atom. The maximum absolute atomic E-state index is 5.17. The van der Waals surface area contributed by atoms with Gasteiger partial charge >= 0.3 is 0 Å². The number of rotatable bonds is 7. The van der Waals surface area contributed by atoms with Crippen LogP contribution in [0.1, 0.15) is 19.0 Å². The number of pyridine rings is 1. The lowest BCUT2D eigenvalue weighted by atomic mass is 10.2. The van der Waals surface area contributed by atoms with Crippen molar-refractivity contribution >= 4 is 11.3 Å². The zero-order valence-electron chi connectivity index (χ0n) is 11.3. The average molecular weight is 277 g/mol. The summed E-state index contributed by atoms with van der Waals surface area (Å²) in [7, 11) is 1.73. The topological polar surface area (TPSA) is 47.0 Å². The van der Waals surface area contributed by atoms with Crippen molar-refractivity contribution in [1.29, 1.82) is 0 Å². The van der Waals surface area contributed by atoms with E-state index < -0.39 is 0 Å². The Kier molecular flexibility index (Phi) is 5.44. The highest BCUT2D eigenvalue weighted by atomic mass is 32.1. The van der Waals surface area contributed by atoms with E-state index in [9.17, 15) is 0 Å². The lowest BCUT2D eigenvalue weighted by Crippen LogP contribution is -2.32. The fourth-order valence-corrected chi connectivity index (χ4v) is 2.56. The highest BCUT2D eigenvalue weighted by Crippen LogP contribution is 2.21. The predicted molar refractivity (Wildman–Crippen MR) is 78.1 cm³/mol. The van der Waals surface area contributed by atoms with Gasteiger partial charge in [-0.25, -0.2) is 4.98 Å². The van der Waals surface area contributed by atoms with Crippen LogP contribution in [0.25, 0.3) is 10.7 Å². The molecule has 2 rings (SSSR count). The van der Waals surface area contributed by atoms with Gasteiger partial charge in [-0.3, -0.25) is 4.98 Å². The smallest absolute Gasteiger partial charge is 0.142 e. The van der Waals surface area contributed by atoms with Crippen LogP contribution in [0.5, 0.6) is 0 Å². The first-order chi connectivity index (χ1) is 9.33. The number of hydrogen-bond acceptors (Lipinski definition) is 5. The summed E-state index contributed by atoms with van der Waals surface area (Å²) in [4.78, 5) is 8.91. The van der Waals surface area contributed by atoms with Gasteiger partial charge in [-0.2, -0.15) is 0 Å². The van der Waals surface area contributed by atoms with Crippen LogP contribution < -0.4 is 5.32 Å². The van der Waals surface area contributed by atoms with Crippen LogP contribution in [0.15, 0.2) is 29.8 Å². The first-order valence-corrected chi connectivity index (χ1v) is 7.29. The van der Waals surface area contributed by atoms with Crippen molar-refractivity contribution in [2.45, 2.75) is 25.9 Å². The molecule has 1 N–H and O–H groups in total. The summed E-state index contributed by atoms with van der Waals surface area (Å²) < 4.78 is 5.17. The minimum Gasteiger partial charge on any atom is -0.383 e. The number of nitrogens with zero attached hydrogens (tertiary/aromatic N) is 2. The lowest BCUT2D eigenvalue weighted by molar-refractivity contribution is 0.163. The fraction of sp³-hybridized carbons (Fsp3) is 0.429. The first kappa shape index (κ1) is 14.1. The SMILES string of the molecule is CCC(COC)NCc1csc(-c2ccccn2)n1. The van der Waals surface area contributed by atoms with E-state index in [2.05, 4.69) is 27.6 Å². The van der Waals surface area contributed by atoms with Crippen molar-refractivity contribution in [2.24, 2.45) is 0 Å². The van der Waals surface area contributed by atoms with Crippen molar-refractivity contribution in [3.8, 4) is 10.7 Å². The van der Waals surface area contributed by atoms with Crippen molar-refractivity contribution in [2.75, 3.05) is 13.7 Å². The van der Waals surface area contributed by atoms with Crippen LogP contribution in [0.3, 0.4) is 0 Å². The van der Waals surface area contributed by atoms with Gasteiger partial charge in [-0.05, 0) is 18.6 Å². The normalized spacial score (nSPS) is 12.5. The van der Waals surface area contributed by atoms with Crippen LogP contribution >= 0.6 is 11.3 Å². The van der Waals surface area contributed by atoms with Crippen molar-refractivity contribution in [3.63, 3.8) is 0 Å². The summed E-state index contributed by atoms with van der Waals surface area (Å²) in [6.45, 7) is 3.65. The van der Waals surface area contributed by atoms with Crippen molar-refractivity contribution in [1.82, 2.24) is 15.3 Å². The standard InChI is InChI=1S/C14H19N3OS/c1-3-11(9-18-2)16-8-12-10-19-14(17-12)13-6-4-5-7-15-13/h4-7,10-11,16H,3,8-9H2,1-2H3. The van der Waals surface area contributed by atoms with E-state index in [1.54, 1.807) is 24.6 Å². The van der Waals surface area contributed by atoms with E-state index in [-0.39, 0.29) is 0 Å². The molecule has 0 amide bonds. The molecular formula is C14H19N3OS. The van der Waals surface area contributed by atoms with Gasteiger partial charge in [-0.15, -0.1) is 11.3 Å². The molecule has 1 atom stereocenters. The molecule has 0 fully saturated rings. The number of ether oxygens (including phenoxy) is 1. The van der Waals surface area contributed by atoms with Crippen LogP contribution in [0.4, 0.5) is 0 Å². The molecular weight excluding hydrogens is 258 g/mol. The quantitative estimate of drug-likeness (QED) is 0.845. The molecule has 102 valence electrons. The second kappa shape index (κ2) is 7.33. The van der Waals surface area contributed by atoms with E-state index >= 15 is 0 Å². The lowest BCUT2D eigenvalue weighted by Gasteiger charge is -2.14. The predicted octanol–water partition coefficient (Wildman–Crippen LogP) is 2.72. The minimum atomic E-state index is 0.380. The summed E-state index contributed by atoms with van der Waals surface area (Å²) in [5.41, 5.74) is 1.99. The molecule has 0 aliphatic heterocycles. The van der Waals surface area contributed by atoms with Crippen molar-refractivity contribution in [3.05, 3.63) is 35.5 Å². The van der Waals surface area contributed by atoms with E-state index in [0.717, 1.165) is 36.0 Å². The molecule has 2 aromatic rings. The molecule has 0 saturated heterocycles. The first-order valence-electron chi connectivity index (χ1n) is 6.41. The van der Waals surface area contributed by atoms with Gasteiger partial charge in [0.25, 0.3) is 0 Å². The molecule has 4 nitrogen and oxygen atoms in total. The number of aromatic nitrogens is 2. The molecule has 19 heavy (non-hydrogen) atoms. The highest BCUT2D eigenvalue weighted by Gasteiger charge is 2.08. The summed E-state index contributed by atoms with van der Waals surface area (Å²) in [5.74, 6) is 0.